The van der Waals surface area contributed by atoms with Gasteiger partial charge in [0.1, 0.15) is 17.7 Å². The van der Waals surface area contributed by atoms with Gasteiger partial charge in [0.25, 0.3) is 0 Å². The summed E-state index contributed by atoms with van der Waals surface area (Å²) in [7, 11) is 0. The van der Waals surface area contributed by atoms with Gasteiger partial charge in [-0.15, -0.1) is 0 Å². The first-order valence-corrected chi connectivity index (χ1v) is 7.21. The van der Waals surface area contributed by atoms with Gasteiger partial charge in [-0.1, -0.05) is 12.1 Å². The van der Waals surface area contributed by atoms with Gasteiger partial charge in [0, 0.05) is 6.42 Å². The lowest BCUT2D eigenvalue weighted by atomic mass is 10.0. The minimum Gasteiger partial charge on any atom is -0.370 e. The van der Waals surface area contributed by atoms with E-state index in [1.807, 2.05) is 6.07 Å². The number of carbonyl (C=O) groups excluding carboxylic acids is 1. The quantitative estimate of drug-likeness (QED) is 0.680. The highest BCUT2D eigenvalue weighted by molar-refractivity contribution is 5.82. The Balaban J connectivity index is 1.98. The fourth-order valence-electron chi connectivity index (χ4n) is 2.48. The standard InChI is InChI=1S/C17H14FN5O/c18-12-5-9(1-2-11(12)8-19)10-3-4-14-15(6-10)23-17(22-14)13(20)7-16(21)24/h1-6,13H,7,20H2,(H2,21,24)(H,22,23). The van der Waals surface area contributed by atoms with E-state index < -0.39 is 17.8 Å². The lowest BCUT2D eigenvalue weighted by molar-refractivity contribution is -0.118. The van der Waals surface area contributed by atoms with E-state index in [0.717, 1.165) is 5.56 Å². The Labute approximate surface area is 136 Å². The third-order valence-corrected chi connectivity index (χ3v) is 3.70. The molecule has 1 heterocycles. The highest BCUT2D eigenvalue weighted by Crippen LogP contribution is 2.26. The number of benzene rings is 2. The summed E-state index contributed by atoms with van der Waals surface area (Å²) in [6.07, 6.45) is -0.00644. The van der Waals surface area contributed by atoms with E-state index in [2.05, 4.69) is 9.97 Å². The van der Waals surface area contributed by atoms with E-state index in [4.69, 9.17) is 16.7 Å². The molecule has 1 unspecified atom stereocenters. The van der Waals surface area contributed by atoms with E-state index in [-0.39, 0.29) is 12.0 Å². The van der Waals surface area contributed by atoms with Crippen LogP contribution in [0, 0.1) is 17.1 Å². The molecular weight excluding hydrogens is 309 g/mol. The summed E-state index contributed by atoms with van der Waals surface area (Å²) in [6.45, 7) is 0. The van der Waals surface area contributed by atoms with Gasteiger partial charge in [-0.3, -0.25) is 4.79 Å². The van der Waals surface area contributed by atoms with Crippen molar-refractivity contribution < 1.29 is 9.18 Å². The lowest BCUT2D eigenvalue weighted by Crippen LogP contribution is -2.21. The van der Waals surface area contributed by atoms with Crippen molar-refractivity contribution in [1.29, 1.82) is 5.26 Å². The topological polar surface area (TPSA) is 122 Å². The van der Waals surface area contributed by atoms with Crippen molar-refractivity contribution in [3.63, 3.8) is 0 Å². The van der Waals surface area contributed by atoms with Crippen LogP contribution in [0.2, 0.25) is 0 Å². The molecule has 3 aromatic rings. The van der Waals surface area contributed by atoms with Gasteiger partial charge in [-0.25, -0.2) is 9.37 Å². The zero-order valence-electron chi connectivity index (χ0n) is 12.6. The molecule has 0 bridgehead atoms. The maximum atomic E-state index is 13.8. The minimum atomic E-state index is -0.606. The van der Waals surface area contributed by atoms with Crippen molar-refractivity contribution in [2.45, 2.75) is 12.5 Å². The highest BCUT2D eigenvalue weighted by atomic mass is 19.1. The number of amides is 1. The van der Waals surface area contributed by atoms with Crippen molar-refractivity contribution in [3.05, 3.63) is 53.6 Å². The molecular formula is C17H14FN5O. The van der Waals surface area contributed by atoms with Crippen molar-refractivity contribution in [2.24, 2.45) is 11.5 Å². The van der Waals surface area contributed by atoms with Crippen LogP contribution >= 0.6 is 0 Å². The van der Waals surface area contributed by atoms with E-state index in [0.29, 0.717) is 22.4 Å². The number of nitriles is 1. The monoisotopic (exact) mass is 323 g/mol. The van der Waals surface area contributed by atoms with Crippen molar-refractivity contribution in [2.75, 3.05) is 0 Å². The Morgan fingerprint density at radius 3 is 2.67 bits per heavy atom. The molecule has 0 aliphatic rings. The molecule has 0 saturated carbocycles. The number of carbonyl (C=O) groups is 1. The Kier molecular flexibility index (Phi) is 3.98. The average molecular weight is 323 g/mol. The van der Waals surface area contributed by atoms with Crippen molar-refractivity contribution in [1.82, 2.24) is 9.97 Å². The second kappa shape index (κ2) is 6.10. The van der Waals surface area contributed by atoms with Crippen LogP contribution < -0.4 is 11.5 Å². The number of fused-ring (bicyclic) bond motifs is 1. The summed E-state index contributed by atoms with van der Waals surface area (Å²) in [5, 5.41) is 8.79. The number of nitrogens with two attached hydrogens (primary N) is 2. The lowest BCUT2D eigenvalue weighted by Gasteiger charge is -2.04. The SMILES string of the molecule is N#Cc1ccc(-c2ccc3nc(C(N)CC(N)=O)[nH]c3c2)cc1F. The number of imidazole rings is 1. The second-order valence-electron chi connectivity index (χ2n) is 5.44. The Bertz CT molecular complexity index is 973. The third kappa shape index (κ3) is 2.95. The molecule has 6 nitrogen and oxygen atoms in total. The van der Waals surface area contributed by atoms with Crippen LogP contribution in [0.4, 0.5) is 4.39 Å². The largest absolute Gasteiger partial charge is 0.370 e. The maximum absolute atomic E-state index is 13.8. The number of rotatable bonds is 4. The second-order valence-corrected chi connectivity index (χ2v) is 5.44. The molecule has 1 aromatic heterocycles. The number of H-pyrrole nitrogens is 1. The van der Waals surface area contributed by atoms with Crippen LogP contribution in [0.3, 0.4) is 0 Å². The number of hydrogen-bond acceptors (Lipinski definition) is 4. The van der Waals surface area contributed by atoms with Crippen molar-refractivity contribution in [3.8, 4) is 17.2 Å². The molecule has 0 aliphatic carbocycles. The Hall–Kier alpha value is -3.24. The van der Waals surface area contributed by atoms with Crippen LogP contribution in [-0.4, -0.2) is 15.9 Å². The molecule has 0 saturated heterocycles. The Morgan fingerprint density at radius 2 is 2.00 bits per heavy atom. The number of hydrogen-bond donors (Lipinski definition) is 3. The molecule has 2 aromatic carbocycles. The number of aromatic nitrogens is 2. The molecule has 1 atom stereocenters. The van der Waals surface area contributed by atoms with Gasteiger partial charge in [0.05, 0.1) is 22.6 Å². The fourth-order valence-corrected chi connectivity index (χ4v) is 2.48. The van der Waals surface area contributed by atoms with Gasteiger partial charge in [-0.2, -0.15) is 5.26 Å². The first kappa shape index (κ1) is 15.6. The van der Waals surface area contributed by atoms with Crippen LogP contribution in [0.25, 0.3) is 22.2 Å². The zero-order chi connectivity index (χ0) is 17.3. The molecule has 5 N–H and O–H groups in total. The average Bonchev–Trinajstić information content (AvgIpc) is 2.97. The third-order valence-electron chi connectivity index (χ3n) is 3.70. The molecule has 0 radical (unpaired) electrons. The van der Waals surface area contributed by atoms with E-state index >= 15 is 0 Å². The summed E-state index contributed by atoms with van der Waals surface area (Å²) < 4.78 is 13.8. The number of nitrogens with one attached hydrogen (secondary N) is 1. The summed E-state index contributed by atoms with van der Waals surface area (Å²) in [6, 6.07) is 11.0. The van der Waals surface area contributed by atoms with Gasteiger partial charge in [-0.05, 0) is 35.4 Å². The van der Waals surface area contributed by atoms with Crippen LogP contribution in [0.1, 0.15) is 23.9 Å². The predicted molar refractivity (Wildman–Crippen MR) is 86.9 cm³/mol. The Morgan fingerprint density at radius 1 is 1.29 bits per heavy atom. The predicted octanol–water partition coefficient (Wildman–Crippen LogP) is 2.12. The number of aromatic amines is 1. The summed E-state index contributed by atoms with van der Waals surface area (Å²) >= 11 is 0. The number of halogens is 1. The first-order chi connectivity index (χ1) is 11.5. The minimum absolute atomic E-state index is 0.001000. The molecule has 3 rings (SSSR count). The molecule has 120 valence electrons. The molecule has 7 heteroatoms. The maximum Gasteiger partial charge on any atom is 0.219 e. The zero-order valence-corrected chi connectivity index (χ0v) is 12.6. The smallest absolute Gasteiger partial charge is 0.219 e. The van der Waals surface area contributed by atoms with Crippen LogP contribution in [-0.2, 0) is 4.79 Å². The van der Waals surface area contributed by atoms with Crippen LogP contribution in [0.5, 0.6) is 0 Å². The highest BCUT2D eigenvalue weighted by Gasteiger charge is 2.14. The summed E-state index contributed by atoms with van der Waals surface area (Å²) in [4.78, 5) is 18.4. The number of primary amides is 1. The molecule has 0 fully saturated rings. The summed E-state index contributed by atoms with van der Waals surface area (Å²) in [5.74, 6) is -0.604. The van der Waals surface area contributed by atoms with Crippen molar-refractivity contribution >= 4 is 16.9 Å². The fraction of sp³-hybridized carbons (Fsp3) is 0.118. The molecule has 24 heavy (non-hydrogen) atoms. The molecule has 0 spiro atoms. The van der Waals surface area contributed by atoms with E-state index in [1.54, 1.807) is 24.3 Å². The van der Waals surface area contributed by atoms with Crippen LogP contribution in [0.15, 0.2) is 36.4 Å². The van der Waals surface area contributed by atoms with Gasteiger partial charge >= 0.3 is 0 Å². The normalized spacial score (nSPS) is 12.0. The molecule has 0 aliphatic heterocycles. The van der Waals surface area contributed by atoms with Gasteiger partial charge < -0.3 is 16.5 Å². The molecule has 1 amide bonds. The summed E-state index contributed by atoms with van der Waals surface area (Å²) in [5.41, 5.74) is 13.8. The van der Waals surface area contributed by atoms with Gasteiger partial charge in [0.2, 0.25) is 5.91 Å². The number of nitrogens with zero attached hydrogens (tertiary/aromatic N) is 2. The van der Waals surface area contributed by atoms with E-state index in [9.17, 15) is 9.18 Å². The first-order valence-electron chi connectivity index (χ1n) is 7.21. The van der Waals surface area contributed by atoms with E-state index in [1.165, 1.54) is 12.1 Å². The van der Waals surface area contributed by atoms with Gasteiger partial charge in [0.15, 0.2) is 0 Å².